The summed E-state index contributed by atoms with van der Waals surface area (Å²) in [4.78, 5) is 6.81. The average molecular weight is 272 g/mol. The minimum Gasteiger partial charge on any atom is -0.390 e. The molecule has 106 valence electrons. The minimum absolute atomic E-state index is 0.0344. The summed E-state index contributed by atoms with van der Waals surface area (Å²) in [5.41, 5.74) is 2.79. The molecule has 4 nitrogen and oxygen atoms in total. The van der Waals surface area contributed by atoms with Crippen molar-refractivity contribution in [3.63, 3.8) is 0 Å². The Kier molecular flexibility index (Phi) is 3.59. The molecule has 0 amide bonds. The van der Waals surface area contributed by atoms with Gasteiger partial charge in [-0.05, 0) is 26.0 Å². The summed E-state index contributed by atoms with van der Waals surface area (Å²) in [5, 5.41) is 10.5. The number of fused-ring (bicyclic) bond motifs is 1. The van der Waals surface area contributed by atoms with Crippen LogP contribution in [0, 0.1) is 0 Å². The second-order valence-electron chi connectivity index (χ2n) is 5.47. The molecule has 3 rings (SSSR count). The number of pyridine rings is 1. The van der Waals surface area contributed by atoms with Crippen LogP contribution in [0.15, 0.2) is 30.3 Å². The number of aliphatic hydroxyl groups excluding tert-OH is 1. The summed E-state index contributed by atoms with van der Waals surface area (Å²) < 4.78 is 5.80. The van der Waals surface area contributed by atoms with E-state index in [0.29, 0.717) is 5.69 Å². The number of benzene rings is 1. The first-order valence-corrected chi connectivity index (χ1v) is 7.07. The maximum absolute atomic E-state index is 9.42. The molecule has 2 aromatic rings. The predicted octanol–water partition coefficient (Wildman–Crippen LogP) is 2.34. The highest BCUT2D eigenvalue weighted by Crippen LogP contribution is 2.29. The van der Waals surface area contributed by atoms with E-state index in [-0.39, 0.29) is 18.8 Å². The Morgan fingerprint density at radius 2 is 1.95 bits per heavy atom. The summed E-state index contributed by atoms with van der Waals surface area (Å²) in [6, 6.07) is 10.1. The molecule has 1 aliphatic heterocycles. The summed E-state index contributed by atoms with van der Waals surface area (Å²) in [5.74, 6) is 0. The molecule has 20 heavy (non-hydrogen) atoms. The lowest BCUT2D eigenvalue weighted by Crippen LogP contribution is -2.45. The van der Waals surface area contributed by atoms with Crippen LogP contribution in [0.4, 0.5) is 5.69 Å². The van der Waals surface area contributed by atoms with Crippen LogP contribution >= 0.6 is 0 Å². The third kappa shape index (κ3) is 2.49. The molecule has 2 heterocycles. The van der Waals surface area contributed by atoms with Gasteiger partial charge in [0.1, 0.15) is 0 Å². The first-order valence-electron chi connectivity index (χ1n) is 7.07. The van der Waals surface area contributed by atoms with E-state index in [4.69, 9.17) is 4.74 Å². The van der Waals surface area contributed by atoms with Gasteiger partial charge in [-0.3, -0.25) is 4.98 Å². The molecule has 0 aliphatic carbocycles. The van der Waals surface area contributed by atoms with Crippen LogP contribution in [0.5, 0.6) is 0 Å². The number of hydrogen-bond donors (Lipinski definition) is 1. The molecule has 1 aliphatic rings. The average Bonchev–Trinajstić information content (AvgIpc) is 2.45. The molecule has 2 atom stereocenters. The van der Waals surface area contributed by atoms with Crippen LogP contribution in [0.2, 0.25) is 0 Å². The van der Waals surface area contributed by atoms with E-state index < -0.39 is 0 Å². The van der Waals surface area contributed by atoms with E-state index in [2.05, 4.69) is 29.8 Å². The third-order valence-corrected chi connectivity index (χ3v) is 3.67. The quantitative estimate of drug-likeness (QED) is 0.911. The van der Waals surface area contributed by atoms with Gasteiger partial charge in [-0.1, -0.05) is 18.2 Å². The van der Waals surface area contributed by atoms with E-state index in [1.165, 1.54) is 0 Å². The van der Waals surface area contributed by atoms with Crippen LogP contribution in [0.25, 0.3) is 10.9 Å². The van der Waals surface area contributed by atoms with Gasteiger partial charge in [0.15, 0.2) is 0 Å². The van der Waals surface area contributed by atoms with Crippen molar-refractivity contribution in [1.82, 2.24) is 4.98 Å². The molecule has 1 aromatic carbocycles. The topological polar surface area (TPSA) is 45.6 Å². The Morgan fingerprint density at radius 3 is 2.65 bits per heavy atom. The number of para-hydroxylation sites is 1. The second kappa shape index (κ2) is 5.38. The third-order valence-electron chi connectivity index (χ3n) is 3.67. The predicted molar refractivity (Wildman–Crippen MR) is 79.9 cm³/mol. The molecule has 1 saturated heterocycles. The van der Waals surface area contributed by atoms with Gasteiger partial charge in [0.2, 0.25) is 0 Å². The number of aromatic nitrogens is 1. The van der Waals surface area contributed by atoms with Gasteiger partial charge in [0.05, 0.1) is 30.0 Å². The van der Waals surface area contributed by atoms with E-state index in [1.54, 1.807) is 0 Å². The minimum atomic E-state index is -0.0344. The molecule has 0 bridgehead atoms. The van der Waals surface area contributed by atoms with Crippen LogP contribution < -0.4 is 4.90 Å². The van der Waals surface area contributed by atoms with Crippen molar-refractivity contribution in [2.24, 2.45) is 0 Å². The largest absolute Gasteiger partial charge is 0.390 e. The summed E-state index contributed by atoms with van der Waals surface area (Å²) in [7, 11) is 0. The fourth-order valence-corrected chi connectivity index (χ4v) is 2.93. The van der Waals surface area contributed by atoms with E-state index >= 15 is 0 Å². The Balaban J connectivity index is 2.09. The molecule has 4 heteroatoms. The zero-order valence-corrected chi connectivity index (χ0v) is 11.9. The highest BCUT2D eigenvalue weighted by molar-refractivity contribution is 5.92. The number of aliphatic hydroxyl groups is 1. The van der Waals surface area contributed by atoms with Gasteiger partial charge in [-0.25, -0.2) is 0 Å². The number of nitrogens with zero attached hydrogens (tertiary/aromatic N) is 2. The van der Waals surface area contributed by atoms with Gasteiger partial charge in [-0.2, -0.15) is 0 Å². The summed E-state index contributed by atoms with van der Waals surface area (Å²) >= 11 is 0. The number of hydrogen-bond acceptors (Lipinski definition) is 4. The maximum atomic E-state index is 9.42. The van der Waals surface area contributed by atoms with Gasteiger partial charge in [0, 0.05) is 24.2 Å². The summed E-state index contributed by atoms with van der Waals surface area (Å²) in [6.07, 6.45) is 0.423. The Bertz CT molecular complexity index is 604. The standard InChI is InChI=1S/C16H20N2O2/c1-11-8-18(9-12(2)20-11)16-7-13(10-19)17-15-6-4-3-5-14(15)16/h3-7,11-12,19H,8-10H2,1-2H3. The van der Waals surface area contributed by atoms with Crippen LogP contribution in [-0.2, 0) is 11.3 Å². The van der Waals surface area contributed by atoms with E-state index in [0.717, 1.165) is 29.7 Å². The Morgan fingerprint density at radius 1 is 1.25 bits per heavy atom. The molecule has 0 radical (unpaired) electrons. The number of anilines is 1. The first kappa shape index (κ1) is 13.3. The van der Waals surface area contributed by atoms with Crippen molar-refractivity contribution in [3.05, 3.63) is 36.0 Å². The molecule has 0 spiro atoms. The SMILES string of the molecule is CC1CN(c2cc(CO)nc3ccccc23)CC(C)O1. The van der Waals surface area contributed by atoms with Gasteiger partial charge in [0.25, 0.3) is 0 Å². The van der Waals surface area contributed by atoms with Crippen molar-refractivity contribution >= 4 is 16.6 Å². The Labute approximate surface area is 119 Å². The molecular formula is C16H20N2O2. The molecule has 1 N–H and O–H groups in total. The van der Waals surface area contributed by atoms with Gasteiger partial charge >= 0.3 is 0 Å². The number of ether oxygens (including phenoxy) is 1. The zero-order valence-electron chi connectivity index (χ0n) is 11.9. The van der Waals surface area contributed by atoms with Crippen LogP contribution in [-0.4, -0.2) is 35.4 Å². The fraction of sp³-hybridized carbons (Fsp3) is 0.438. The second-order valence-corrected chi connectivity index (χ2v) is 5.47. The van der Waals surface area contributed by atoms with Crippen molar-refractivity contribution < 1.29 is 9.84 Å². The fourth-order valence-electron chi connectivity index (χ4n) is 2.93. The van der Waals surface area contributed by atoms with Gasteiger partial charge in [-0.15, -0.1) is 0 Å². The Hall–Kier alpha value is -1.65. The molecule has 0 saturated carbocycles. The highest BCUT2D eigenvalue weighted by Gasteiger charge is 2.24. The zero-order chi connectivity index (χ0) is 14.1. The van der Waals surface area contributed by atoms with Crippen LogP contribution in [0.1, 0.15) is 19.5 Å². The lowest BCUT2D eigenvalue weighted by atomic mass is 10.1. The van der Waals surface area contributed by atoms with Crippen molar-refractivity contribution in [2.75, 3.05) is 18.0 Å². The molecule has 1 fully saturated rings. The number of morpholine rings is 1. The van der Waals surface area contributed by atoms with E-state index in [9.17, 15) is 5.11 Å². The van der Waals surface area contributed by atoms with Crippen molar-refractivity contribution in [1.29, 1.82) is 0 Å². The van der Waals surface area contributed by atoms with Crippen molar-refractivity contribution in [2.45, 2.75) is 32.7 Å². The highest BCUT2D eigenvalue weighted by atomic mass is 16.5. The van der Waals surface area contributed by atoms with Gasteiger partial charge < -0.3 is 14.7 Å². The summed E-state index contributed by atoms with van der Waals surface area (Å²) in [6.45, 7) is 5.89. The maximum Gasteiger partial charge on any atom is 0.0854 e. The molecule has 1 aromatic heterocycles. The lowest BCUT2D eigenvalue weighted by Gasteiger charge is -2.37. The number of rotatable bonds is 2. The first-order chi connectivity index (χ1) is 9.67. The lowest BCUT2D eigenvalue weighted by molar-refractivity contribution is -0.00514. The smallest absolute Gasteiger partial charge is 0.0854 e. The monoisotopic (exact) mass is 272 g/mol. The molecule has 2 unspecified atom stereocenters. The van der Waals surface area contributed by atoms with Crippen LogP contribution in [0.3, 0.4) is 0 Å². The van der Waals surface area contributed by atoms with E-state index in [1.807, 2.05) is 24.3 Å². The normalized spacial score (nSPS) is 23.2. The van der Waals surface area contributed by atoms with Crippen molar-refractivity contribution in [3.8, 4) is 0 Å². The molecular weight excluding hydrogens is 252 g/mol.